The van der Waals surface area contributed by atoms with E-state index in [2.05, 4.69) is 15.5 Å². The largest absolute Gasteiger partial charge is 0.324 e. The maximum Gasteiger partial charge on any atom is 0.324 e. The molecule has 0 aliphatic carbocycles. The van der Waals surface area contributed by atoms with Gasteiger partial charge in [0.2, 0.25) is 5.13 Å². The van der Waals surface area contributed by atoms with Crippen molar-refractivity contribution in [3.05, 3.63) is 49.3 Å². The predicted molar refractivity (Wildman–Crippen MR) is 91.8 cm³/mol. The van der Waals surface area contributed by atoms with Crippen molar-refractivity contribution in [1.29, 1.82) is 0 Å². The molecule has 0 saturated carbocycles. The van der Waals surface area contributed by atoms with Crippen LogP contribution in [0.3, 0.4) is 0 Å². The molecule has 0 aliphatic heterocycles. The number of nitrogens with zero attached hydrogens (tertiary/aromatic N) is 3. The summed E-state index contributed by atoms with van der Waals surface area (Å²) in [5.41, 5.74) is 3.43. The first kappa shape index (κ1) is 15.2. The van der Waals surface area contributed by atoms with E-state index in [4.69, 9.17) is 23.2 Å². The molecular formula is C12H6Cl2N4O2S2. The van der Waals surface area contributed by atoms with Gasteiger partial charge in [0, 0.05) is 11.1 Å². The second kappa shape index (κ2) is 6.17. The van der Waals surface area contributed by atoms with E-state index in [-0.39, 0.29) is 5.00 Å². The molecule has 22 heavy (non-hydrogen) atoms. The number of hydrogen-bond donors (Lipinski definition) is 1. The molecule has 0 atom stereocenters. The molecule has 0 radical (unpaired) electrons. The number of hydrazone groups is 1. The summed E-state index contributed by atoms with van der Waals surface area (Å²) in [6.07, 6.45) is 1.50. The summed E-state index contributed by atoms with van der Waals surface area (Å²) in [6.45, 7) is 0. The Morgan fingerprint density at radius 2 is 2.14 bits per heavy atom. The summed E-state index contributed by atoms with van der Waals surface area (Å²) in [4.78, 5) is 15.1. The molecule has 3 aromatic rings. The number of fused-ring (bicyclic) bond motifs is 1. The maximum absolute atomic E-state index is 10.6. The van der Waals surface area contributed by atoms with Gasteiger partial charge in [0.05, 0.1) is 25.7 Å². The van der Waals surface area contributed by atoms with Crippen LogP contribution in [0.2, 0.25) is 10.0 Å². The van der Waals surface area contributed by atoms with E-state index >= 15 is 0 Å². The van der Waals surface area contributed by atoms with Crippen molar-refractivity contribution < 1.29 is 4.92 Å². The number of rotatable bonds is 4. The third-order valence-corrected chi connectivity index (χ3v) is 4.94. The van der Waals surface area contributed by atoms with Gasteiger partial charge < -0.3 is 0 Å². The molecular weight excluding hydrogens is 367 g/mol. The number of benzene rings is 1. The zero-order valence-corrected chi connectivity index (χ0v) is 13.8. The highest BCUT2D eigenvalue weighted by atomic mass is 35.5. The lowest BCUT2D eigenvalue weighted by molar-refractivity contribution is -0.380. The number of hydrogen-bond acceptors (Lipinski definition) is 7. The van der Waals surface area contributed by atoms with Crippen LogP contribution in [0.1, 0.15) is 4.88 Å². The van der Waals surface area contributed by atoms with Crippen molar-refractivity contribution in [3.63, 3.8) is 0 Å². The lowest BCUT2D eigenvalue weighted by Gasteiger charge is -1.92. The second-order valence-electron chi connectivity index (χ2n) is 4.06. The monoisotopic (exact) mass is 372 g/mol. The highest BCUT2D eigenvalue weighted by molar-refractivity contribution is 7.22. The summed E-state index contributed by atoms with van der Waals surface area (Å²) < 4.78 is 0.849. The van der Waals surface area contributed by atoms with Crippen LogP contribution in [-0.4, -0.2) is 16.1 Å². The Hall–Kier alpha value is -1.74. The molecule has 0 spiro atoms. The lowest BCUT2D eigenvalue weighted by atomic mass is 10.3. The fourth-order valence-electron chi connectivity index (χ4n) is 1.67. The van der Waals surface area contributed by atoms with Gasteiger partial charge in [-0.15, -0.1) is 0 Å². The number of thiophene rings is 1. The average molecular weight is 373 g/mol. The topological polar surface area (TPSA) is 80.4 Å². The van der Waals surface area contributed by atoms with Gasteiger partial charge in [-0.25, -0.2) is 4.98 Å². The maximum atomic E-state index is 10.6. The third kappa shape index (κ3) is 3.20. The van der Waals surface area contributed by atoms with E-state index < -0.39 is 4.92 Å². The predicted octanol–water partition coefficient (Wildman–Crippen LogP) is 5.02. The SMILES string of the molecule is O=[N+]([O-])c1ccc(/C=N/Nc2nc3c(Cl)cc(Cl)cc3s2)s1. The lowest BCUT2D eigenvalue weighted by Crippen LogP contribution is -1.87. The van der Waals surface area contributed by atoms with E-state index in [1.807, 2.05) is 0 Å². The van der Waals surface area contributed by atoms with Crippen molar-refractivity contribution in [2.45, 2.75) is 0 Å². The number of aromatic nitrogens is 1. The molecule has 10 heteroatoms. The van der Waals surface area contributed by atoms with E-state index in [0.717, 1.165) is 16.0 Å². The average Bonchev–Trinajstić information content (AvgIpc) is 3.05. The molecule has 3 rings (SSSR count). The van der Waals surface area contributed by atoms with Crippen LogP contribution in [0.4, 0.5) is 10.1 Å². The molecule has 0 aliphatic rings. The van der Waals surface area contributed by atoms with Gasteiger partial charge in [-0.3, -0.25) is 15.5 Å². The first-order chi connectivity index (χ1) is 10.5. The Morgan fingerprint density at radius 3 is 2.86 bits per heavy atom. The normalized spacial score (nSPS) is 11.4. The molecule has 0 amide bonds. The second-order valence-corrected chi connectivity index (χ2v) is 7.02. The van der Waals surface area contributed by atoms with Crippen LogP contribution >= 0.6 is 45.9 Å². The van der Waals surface area contributed by atoms with Crippen LogP contribution in [0.15, 0.2) is 29.4 Å². The van der Waals surface area contributed by atoms with Crippen LogP contribution in [0.5, 0.6) is 0 Å². The molecule has 2 heterocycles. The quantitative estimate of drug-likeness (QED) is 0.396. The molecule has 112 valence electrons. The van der Waals surface area contributed by atoms with Gasteiger partial charge >= 0.3 is 5.00 Å². The summed E-state index contributed by atoms with van der Waals surface area (Å²) >= 11 is 14.4. The van der Waals surface area contributed by atoms with Crippen molar-refractivity contribution in [3.8, 4) is 0 Å². The molecule has 0 fully saturated rings. The van der Waals surface area contributed by atoms with Gasteiger partial charge in [0.1, 0.15) is 5.52 Å². The van der Waals surface area contributed by atoms with Gasteiger partial charge in [-0.1, -0.05) is 45.9 Å². The summed E-state index contributed by atoms with van der Waals surface area (Å²) in [5, 5.41) is 16.3. The van der Waals surface area contributed by atoms with E-state index in [0.29, 0.717) is 25.6 Å². The zero-order chi connectivity index (χ0) is 15.7. The van der Waals surface area contributed by atoms with Crippen LogP contribution < -0.4 is 5.43 Å². The Labute approximate surface area is 142 Å². The molecule has 0 unspecified atom stereocenters. The van der Waals surface area contributed by atoms with E-state index in [1.54, 1.807) is 18.2 Å². The molecule has 1 N–H and O–H groups in total. The highest BCUT2D eigenvalue weighted by Gasteiger charge is 2.09. The summed E-state index contributed by atoms with van der Waals surface area (Å²) in [6, 6.07) is 6.47. The zero-order valence-electron chi connectivity index (χ0n) is 10.6. The summed E-state index contributed by atoms with van der Waals surface area (Å²) in [7, 11) is 0. The molecule has 2 aromatic heterocycles. The first-order valence-electron chi connectivity index (χ1n) is 5.82. The smallest absolute Gasteiger partial charge is 0.258 e. The molecule has 1 aromatic carbocycles. The van der Waals surface area contributed by atoms with Gasteiger partial charge in [0.25, 0.3) is 0 Å². The first-order valence-corrected chi connectivity index (χ1v) is 8.21. The molecule has 0 saturated heterocycles. The summed E-state index contributed by atoms with van der Waals surface area (Å²) in [5.74, 6) is 0. The Bertz CT molecular complexity index is 891. The van der Waals surface area contributed by atoms with Crippen molar-refractivity contribution in [1.82, 2.24) is 4.98 Å². The van der Waals surface area contributed by atoms with Crippen molar-refractivity contribution >= 4 is 72.4 Å². The number of halogens is 2. The Kier molecular flexibility index (Phi) is 4.25. The van der Waals surface area contributed by atoms with Crippen molar-refractivity contribution in [2.24, 2.45) is 5.10 Å². The van der Waals surface area contributed by atoms with Crippen LogP contribution in [-0.2, 0) is 0 Å². The minimum Gasteiger partial charge on any atom is -0.258 e. The number of anilines is 1. The molecule has 0 bridgehead atoms. The van der Waals surface area contributed by atoms with E-state index in [9.17, 15) is 10.1 Å². The fourth-order valence-corrected chi connectivity index (χ4v) is 3.90. The van der Waals surface area contributed by atoms with Crippen LogP contribution in [0.25, 0.3) is 10.2 Å². The van der Waals surface area contributed by atoms with E-state index in [1.165, 1.54) is 23.6 Å². The minimum absolute atomic E-state index is 0.0721. The van der Waals surface area contributed by atoms with Gasteiger partial charge in [-0.2, -0.15) is 5.10 Å². The Morgan fingerprint density at radius 1 is 1.32 bits per heavy atom. The number of nitrogens with one attached hydrogen (secondary N) is 1. The van der Waals surface area contributed by atoms with Gasteiger partial charge in [-0.05, 0) is 18.2 Å². The minimum atomic E-state index is -0.436. The third-order valence-electron chi connectivity index (χ3n) is 2.56. The standard InChI is InChI=1S/C12H6Cl2N4O2S2/c13-6-3-8(14)11-9(4-6)22-12(16-11)17-15-5-7-1-2-10(21-7)18(19)20/h1-5H,(H,16,17)/b15-5+. The number of nitro groups is 1. The van der Waals surface area contributed by atoms with Gasteiger partial charge in [0.15, 0.2) is 0 Å². The number of thiazole rings is 1. The van der Waals surface area contributed by atoms with Crippen LogP contribution in [0, 0.1) is 10.1 Å². The fraction of sp³-hybridized carbons (Fsp3) is 0. The van der Waals surface area contributed by atoms with Crippen molar-refractivity contribution in [2.75, 3.05) is 5.43 Å². The molecule has 6 nitrogen and oxygen atoms in total. The highest BCUT2D eigenvalue weighted by Crippen LogP contribution is 2.33. The Balaban J connectivity index is 1.77.